The Morgan fingerprint density at radius 3 is 2.52 bits per heavy atom. The number of anilines is 1. The van der Waals surface area contributed by atoms with Crippen molar-refractivity contribution >= 4 is 45.2 Å². The first-order chi connectivity index (χ1) is 12.5. The molecular formula is C16H22ClN3O6S. The normalized spacial score (nSPS) is 12.0. The molecule has 1 aromatic carbocycles. The Morgan fingerprint density at radius 1 is 1.30 bits per heavy atom. The molecular weight excluding hydrogens is 398 g/mol. The number of sulfonamides is 1. The number of imide groups is 1. The third kappa shape index (κ3) is 8.27. The quantitative estimate of drug-likeness (QED) is 0.612. The van der Waals surface area contributed by atoms with Gasteiger partial charge in [0.05, 0.1) is 11.9 Å². The van der Waals surface area contributed by atoms with E-state index in [9.17, 15) is 22.8 Å². The Bertz CT molecular complexity index is 799. The second-order valence-electron chi connectivity index (χ2n) is 5.74. The maximum atomic E-state index is 11.9. The van der Waals surface area contributed by atoms with Gasteiger partial charge in [0.1, 0.15) is 6.54 Å². The van der Waals surface area contributed by atoms with Crippen molar-refractivity contribution in [2.24, 2.45) is 0 Å². The predicted molar refractivity (Wildman–Crippen MR) is 101 cm³/mol. The number of nitrogens with zero attached hydrogens (tertiary/aromatic N) is 1. The fourth-order valence-electron chi connectivity index (χ4n) is 1.86. The molecule has 9 nitrogen and oxygen atoms in total. The number of hydrogen-bond acceptors (Lipinski definition) is 6. The molecule has 0 unspecified atom stereocenters. The summed E-state index contributed by atoms with van der Waals surface area (Å²) < 4.78 is 29.4. The summed E-state index contributed by atoms with van der Waals surface area (Å²) in [6, 6.07) is 5.10. The maximum absolute atomic E-state index is 11.9. The standard InChI is InChI=1S/C16H22ClN3O6S/c1-4-11(2)18-16(23)19-14(21)10-26-15(22)9-20(27(3,24)25)13-7-5-6-12(17)8-13/h5-8,11H,4,9-10H2,1-3H3,(H2,18,19,21,23)/t11-/m1/s1. The van der Waals surface area contributed by atoms with Gasteiger partial charge in [-0.25, -0.2) is 13.2 Å². The lowest BCUT2D eigenvalue weighted by atomic mass is 10.3. The lowest BCUT2D eigenvalue weighted by Crippen LogP contribution is -2.45. The first-order valence-corrected chi connectivity index (χ1v) is 10.2. The number of benzene rings is 1. The molecule has 3 amide bonds. The van der Waals surface area contributed by atoms with Gasteiger partial charge in [-0.05, 0) is 31.5 Å². The summed E-state index contributed by atoms with van der Waals surface area (Å²) in [6.07, 6.45) is 1.61. The number of amides is 3. The Morgan fingerprint density at radius 2 is 1.96 bits per heavy atom. The predicted octanol–water partition coefficient (Wildman–Crippen LogP) is 1.27. The molecule has 150 valence electrons. The van der Waals surface area contributed by atoms with E-state index in [-0.39, 0.29) is 11.7 Å². The van der Waals surface area contributed by atoms with Crippen molar-refractivity contribution in [2.45, 2.75) is 26.3 Å². The number of esters is 1. The van der Waals surface area contributed by atoms with Gasteiger partial charge in [-0.1, -0.05) is 24.6 Å². The van der Waals surface area contributed by atoms with Crippen molar-refractivity contribution in [3.05, 3.63) is 29.3 Å². The topological polar surface area (TPSA) is 122 Å². The molecule has 0 saturated carbocycles. The first kappa shape index (κ1) is 22.7. The van der Waals surface area contributed by atoms with E-state index >= 15 is 0 Å². The van der Waals surface area contributed by atoms with E-state index in [4.69, 9.17) is 16.3 Å². The maximum Gasteiger partial charge on any atom is 0.327 e. The van der Waals surface area contributed by atoms with E-state index in [1.165, 1.54) is 18.2 Å². The zero-order chi connectivity index (χ0) is 20.6. The Kier molecular flexibility index (Phi) is 8.51. The summed E-state index contributed by atoms with van der Waals surface area (Å²) in [5, 5.41) is 4.82. The minimum absolute atomic E-state index is 0.124. The van der Waals surface area contributed by atoms with Crippen molar-refractivity contribution < 1.29 is 27.5 Å². The molecule has 0 radical (unpaired) electrons. The molecule has 27 heavy (non-hydrogen) atoms. The second-order valence-corrected chi connectivity index (χ2v) is 8.08. The monoisotopic (exact) mass is 419 g/mol. The summed E-state index contributed by atoms with van der Waals surface area (Å²) >= 11 is 5.84. The van der Waals surface area contributed by atoms with Crippen LogP contribution in [0.2, 0.25) is 5.02 Å². The molecule has 11 heteroatoms. The number of hydrogen-bond donors (Lipinski definition) is 2. The molecule has 0 aromatic heterocycles. The number of nitrogens with one attached hydrogen (secondary N) is 2. The molecule has 0 aliphatic carbocycles. The van der Waals surface area contributed by atoms with E-state index in [0.717, 1.165) is 10.6 Å². The van der Waals surface area contributed by atoms with Crippen molar-refractivity contribution in [1.29, 1.82) is 0 Å². The molecule has 0 bridgehead atoms. The first-order valence-electron chi connectivity index (χ1n) is 8.02. The van der Waals surface area contributed by atoms with E-state index in [2.05, 4.69) is 5.32 Å². The largest absolute Gasteiger partial charge is 0.454 e. The fraction of sp³-hybridized carbons (Fsp3) is 0.438. The van der Waals surface area contributed by atoms with E-state index < -0.39 is 41.1 Å². The van der Waals surface area contributed by atoms with Crippen LogP contribution in [0.25, 0.3) is 0 Å². The highest BCUT2D eigenvalue weighted by Gasteiger charge is 2.22. The van der Waals surface area contributed by atoms with Gasteiger partial charge in [-0.3, -0.25) is 19.2 Å². The smallest absolute Gasteiger partial charge is 0.327 e. The highest BCUT2D eigenvalue weighted by atomic mass is 35.5. The summed E-state index contributed by atoms with van der Waals surface area (Å²) in [7, 11) is -3.79. The van der Waals surface area contributed by atoms with Crippen LogP contribution < -0.4 is 14.9 Å². The Hall–Kier alpha value is -2.33. The van der Waals surface area contributed by atoms with E-state index in [1.807, 2.05) is 12.2 Å². The number of ether oxygens (including phenoxy) is 1. The van der Waals surface area contributed by atoms with Crippen molar-refractivity contribution in [1.82, 2.24) is 10.6 Å². The molecule has 0 heterocycles. The molecule has 0 saturated heterocycles. The molecule has 0 aliphatic heterocycles. The molecule has 0 fully saturated rings. The summed E-state index contributed by atoms with van der Waals surface area (Å²) in [5.41, 5.74) is 0.180. The average Bonchev–Trinajstić information content (AvgIpc) is 2.56. The summed E-state index contributed by atoms with van der Waals surface area (Å²) in [6.45, 7) is 2.26. The van der Waals surface area contributed by atoms with Crippen LogP contribution in [0.1, 0.15) is 20.3 Å². The summed E-state index contributed by atoms with van der Waals surface area (Å²) in [4.78, 5) is 35.1. The van der Waals surface area contributed by atoms with Gasteiger partial charge in [0.25, 0.3) is 5.91 Å². The molecule has 0 aliphatic rings. The molecule has 1 atom stereocenters. The number of rotatable bonds is 8. The minimum Gasteiger partial charge on any atom is -0.454 e. The third-order valence-electron chi connectivity index (χ3n) is 3.38. The van der Waals surface area contributed by atoms with Crippen molar-refractivity contribution in [3.8, 4) is 0 Å². The van der Waals surface area contributed by atoms with Crippen LogP contribution in [0.4, 0.5) is 10.5 Å². The zero-order valence-corrected chi connectivity index (χ0v) is 16.8. The van der Waals surface area contributed by atoms with Crippen molar-refractivity contribution in [2.75, 3.05) is 23.7 Å². The van der Waals surface area contributed by atoms with Gasteiger partial charge >= 0.3 is 12.0 Å². The molecule has 2 N–H and O–H groups in total. The van der Waals surface area contributed by atoms with Crippen LogP contribution >= 0.6 is 11.6 Å². The van der Waals surface area contributed by atoms with Crippen LogP contribution in [0.15, 0.2) is 24.3 Å². The van der Waals surface area contributed by atoms with Crippen LogP contribution in [0.3, 0.4) is 0 Å². The van der Waals surface area contributed by atoms with Gasteiger partial charge in [0, 0.05) is 11.1 Å². The molecule has 0 spiro atoms. The number of urea groups is 1. The summed E-state index contributed by atoms with van der Waals surface area (Å²) in [5.74, 6) is -1.80. The number of carbonyl (C=O) groups is 3. The van der Waals surface area contributed by atoms with Crippen LogP contribution in [0, 0.1) is 0 Å². The Labute approximate surface area is 163 Å². The lowest BCUT2D eigenvalue weighted by Gasteiger charge is -2.21. The fourth-order valence-corrected chi connectivity index (χ4v) is 2.89. The Balaban J connectivity index is 2.63. The minimum atomic E-state index is -3.79. The highest BCUT2D eigenvalue weighted by Crippen LogP contribution is 2.21. The second kappa shape index (κ2) is 10.1. The van der Waals surface area contributed by atoms with E-state index in [0.29, 0.717) is 11.4 Å². The SMILES string of the molecule is CC[C@@H](C)NC(=O)NC(=O)COC(=O)CN(c1cccc(Cl)c1)S(C)(=O)=O. The highest BCUT2D eigenvalue weighted by molar-refractivity contribution is 7.92. The van der Waals surface area contributed by atoms with Gasteiger partial charge in [0.2, 0.25) is 10.0 Å². The lowest BCUT2D eigenvalue weighted by molar-refractivity contribution is -0.146. The number of halogens is 1. The van der Waals surface area contributed by atoms with Gasteiger partial charge < -0.3 is 10.1 Å². The number of carbonyl (C=O) groups excluding carboxylic acids is 3. The third-order valence-corrected chi connectivity index (χ3v) is 4.75. The van der Waals surface area contributed by atoms with Crippen LogP contribution in [-0.4, -0.2) is 51.8 Å². The van der Waals surface area contributed by atoms with Gasteiger partial charge in [-0.15, -0.1) is 0 Å². The zero-order valence-electron chi connectivity index (χ0n) is 15.2. The van der Waals surface area contributed by atoms with Crippen molar-refractivity contribution in [3.63, 3.8) is 0 Å². The van der Waals surface area contributed by atoms with Gasteiger partial charge in [0.15, 0.2) is 6.61 Å². The molecule has 1 aromatic rings. The van der Waals surface area contributed by atoms with Gasteiger partial charge in [-0.2, -0.15) is 0 Å². The van der Waals surface area contributed by atoms with Crippen LogP contribution in [-0.2, 0) is 24.3 Å². The van der Waals surface area contributed by atoms with Crippen LogP contribution in [0.5, 0.6) is 0 Å². The molecule has 1 rings (SSSR count). The average molecular weight is 420 g/mol. The van der Waals surface area contributed by atoms with E-state index in [1.54, 1.807) is 13.0 Å².